The van der Waals surface area contributed by atoms with Crippen LogP contribution in [0.25, 0.3) is 0 Å². The second-order valence-electron chi connectivity index (χ2n) is 14.6. The molecule has 3 N–H and O–H groups in total. The van der Waals surface area contributed by atoms with Crippen LogP contribution in [0.3, 0.4) is 0 Å². The maximum atomic E-state index is 13.7. The Kier molecular flexibility index (Phi) is 10.3. The molecule has 53 heavy (non-hydrogen) atoms. The summed E-state index contributed by atoms with van der Waals surface area (Å²) < 4.78 is 12.2. The average molecular weight is 720 g/mol. The highest BCUT2D eigenvalue weighted by Gasteiger charge is 2.46. The van der Waals surface area contributed by atoms with Gasteiger partial charge >= 0.3 is 0 Å². The summed E-state index contributed by atoms with van der Waals surface area (Å²) in [6, 6.07) is 22.5. The first kappa shape index (κ1) is 36.2. The Morgan fingerprint density at radius 2 is 1.60 bits per heavy atom. The zero-order valence-corrected chi connectivity index (χ0v) is 30.2. The molecule has 3 aliphatic heterocycles. The molecular weight excluding hydrogens is 674 g/mol. The van der Waals surface area contributed by atoms with Crippen molar-refractivity contribution in [3.8, 4) is 11.5 Å². The van der Waals surface area contributed by atoms with Crippen LogP contribution in [-0.4, -0.2) is 80.9 Å². The van der Waals surface area contributed by atoms with Crippen molar-refractivity contribution in [3.63, 3.8) is 0 Å². The third-order valence-corrected chi connectivity index (χ3v) is 10.6. The summed E-state index contributed by atoms with van der Waals surface area (Å²) in [4.78, 5) is 50.3. The molecule has 3 aromatic carbocycles. The summed E-state index contributed by atoms with van der Waals surface area (Å²) >= 11 is 0. The number of benzene rings is 3. The predicted molar refractivity (Wildman–Crippen MR) is 197 cm³/mol. The molecule has 2 saturated heterocycles. The minimum atomic E-state index is -1.19. The molecule has 0 radical (unpaired) electrons. The number of Topliss-reactive ketones (excluding diaryl/α,β-unsaturated/α-hetero) is 1. The van der Waals surface area contributed by atoms with E-state index in [0.29, 0.717) is 48.6 Å². The van der Waals surface area contributed by atoms with Crippen molar-refractivity contribution in [1.29, 1.82) is 0 Å². The molecule has 276 valence electrons. The number of nitrogens with one attached hydrogen (secondary N) is 1. The third-order valence-electron chi connectivity index (χ3n) is 10.6. The number of ether oxygens (including phenoxy) is 2. The number of ketones is 1. The number of aliphatic hydroxyl groups excluding tert-OH is 2. The van der Waals surface area contributed by atoms with Crippen LogP contribution in [0.4, 0.5) is 5.69 Å². The molecule has 0 bridgehead atoms. The number of piperidine rings is 2. The predicted octanol–water partition coefficient (Wildman–Crippen LogP) is 4.86. The van der Waals surface area contributed by atoms with Crippen molar-refractivity contribution in [3.05, 3.63) is 113 Å². The molecule has 2 fully saturated rings. The maximum Gasteiger partial charge on any atom is 0.264 e. The fourth-order valence-corrected chi connectivity index (χ4v) is 7.54. The van der Waals surface area contributed by atoms with Crippen molar-refractivity contribution in [1.82, 2.24) is 20.2 Å². The fourth-order valence-electron chi connectivity index (χ4n) is 7.54. The number of aromatic nitrogens is 2. The van der Waals surface area contributed by atoms with Gasteiger partial charge in [-0.05, 0) is 79.3 Å². The highest BCUT2D eigenvalue weighted by Crippen LogP contribution is 2.37. The molecule has 12 heteroatoms. The highest BCUT2D eigenvalue weighted by molar-refractivity contribution is 6.24. The van der Waals surface area contributed by atoms with Crippen LogP contribution in [0.2, 0.25) is 0 Å². The molecule has 3 aliphatic rings. The van der Waals surface area contributed by atoms with Gasteiger partial charge < -0.3 is 24.6 Å². The third kappa shape index (κ3) is 7.53. The first-order valence-corrected chi connectivity index (χ1v) is 18.2. The van der Waals surface area contributed by atoms with Crippen LogP contribution in [0.5, 0.6) is 11.5 Å². The molecule has 7 rings (SSSR count). The number of hydrogen-bond acceptors (Lipinski definition) is 11. The van der Waals surface area contributed by atoms with E-state index in [2.05, 4.69) is 58.3 Å². The summed E-state index contributed by atoms with van der Waals surface area (Å²) in [7, 11) is 0. The topological polar surface area (TPSA) is 154 Å². The smallest absolute Gasteiger partial charge is 0.264 e. The Bertz CT molecular complexity index is 1980. The Morgan fingerprint density at radius 1 is 0.906 bits per heavy atom. The van der Waals surface area contributed by atoms with Gasteiger partial charge in [0.25, 0.3) is 11.8 Å². The number of imide groups is 1. The molecular formula is C41H45N5O7. The van der Waals surface area contributed by atoms with Crippen LogP contribution in [-0.2, 0) is 12.0 Å². The molecule has 2 amide bonds. The monoisotopic (exact) mass is 719 g/mol. The molecule has 12 nitrogen and oxygen atoms in total. The lowest BCUT2D eigenvalue weighted by Crippen LogP contribution is -2.58. The molecule has 4 aromatic rings. The first-order chi connectivity index (χ1) is 25.5. The number of fused-ring (bicyclic) bond motifs is 1. The van der Waals surface area contributed by atoms with Gasteiger partial charge in [0.2, 0.25) is 0 Å². The molecule has 0 saturated carbocycles. The van der Waals surface area contributed by atoms with Crippen molar-refractivity contribution < 1.29 is 34.1 Å². The van der Waals surface area contributed by atoms with E-state index in [9.17, 15) is 24.6 Å². The number of aliphatic hydroxyl groups is 2. The summed E-state index contributed by atoms with van der Waals surface area (Å²) in [5.74, 6) is 0.876. The van der Waals surface area contributed by atoms with Gasteiger partial charge in [0, 0.05) is 37.5 Å². The largest absolute Gasteiger partial charge is 0.493 e. The van der Waals surface area contributed by atoms with Crippen molar-refractivity contribution in [2.75, 3.05) is 24.6 Å². The van der Waals surface area contributed by atoms with Gasteiger partial charge in [-0.2, -0.15) is 0 Å². The average Bonchev–Trinajstić information content (AvgIpc) is 3.42. The van der Waals surface area contributed by atoms with Gasteiger partial charge in [0.1, 0.15) is 30.6 Å². The van der Waals surface area contributed by atoms with Gasteiger partial charge in [-0.3, -0.25) is 24.6 Å². The molecule has 1 aromatic heterocycles. The van der Waals surface area contributed by atoms with Gasteiger partial charge in [-0.25, -0.2) is 9.97 Å². The second kappa shape index (κ2) is 15.1. The van der Waals surface area contributed by atoms with Crippen LogP contribution >= 0.6 is 0 Å². The van der Waals surface area contributed by atoms with E-state index in [1.54, 1.807) is 18.3 Å². The number of carbonyl (C=O) groups is 3. The van der Waals surface area contributed by atoms with Crippen molar-refractivity contribution in [2.45, 2.75) is 77.0 Å². The fraction of sp³-hybridized carbons (Fsp3) is 0.390. The van der Waals surface area contributed by atoms with E-state index >= 15 is 0 Å². The van der Waals surface area contributed by atoms with E-state index < -0.39 is 30.3 Å². The van der Waals surface area contributed by atoms with E-state index in [4.69, 9.17) is 9.47 Å². The number of amides is 2. The maximum absolute atomic E-state index is 13.7. The standard InChI is InChI=1S/C41H45N5O7/c1-25(47)37-42-20-19-29(43-37)24-53-31-15-11-28(12-16-31)41(2,3)27-9-13-30(14-10-27)52-23-26-6-5-21-45(22-26)33-8-4-7-32-36(33)40(51)46(39(32)50)34-17-18-35(48)44-38(34)49/h4,7-16,19-20,26,34-35,38,44,48-49H,5-6,17-18,21-24H2,1-3H3. The molecule has 4 unspecified atom stereocenters. The minimum absolute atomic E-state index is 0.177. The van der Waals surface area contributed by atoms with Gasteiger partial charge in [-0.1, -0.05) is 44.2 Å². The Labute approximate surface area is 308 Å². The highest BCUT2D eigenvalue weighted by atomic mass is 16.5. The lowest BCUT2D eigenvalue weighted by Gasteiger charge is -2.37. The van der Waals surface area contributed by atoms with E-state index in [1.807, 2.05) is 36.4 Å². The molecule has 4 atom stereocenters. The van der Waals surface area contributed by atoms with E-state index in [0.717, 1.165) is 46.9 Å². The molecule has 0 spiro atoms. The van der Waals surface area contributed by atoms with Crippen molar-refractivity contribution >= 4 is 23.3 Å². The van der Waals surface area contributed by atoms with Gasteiger partial charge in [0.05, 0.1) is 35.2 Å². The zero-order valence-electron chi connectivity index (χ0n) is 30.2. The van der Waals surface area contributed by atoms with Crippen molar-refractivity contribution in [2.24, 2.45) is 5.92 Å². The molecule has 4 heterocycles. The Morgan fingerprint density at radius 3 is 2.28 bits per heavy atom. The quantitative estimate of drug-likeness (QED) is 0.144. The van der Waals surface area contributed by atoms with Gasteiger partial charge in [0.15, 0.2) is 11.6 Å². The van der Waals surface area contributed by atoms with E-state index in [-0.39, 0.29) is 29.5 Å². The number of carbonyl (C=O) groups excluding carboxylic acids is 3. The molecule has 0 aliphatic carbocycles. The van der Waals surface area contributed by atoms with Crippen LogP contribution in [0.15, 0.2) is 79.0 Å². The lowest BCUT2D eigenvalue weighted by atomic mass is 9.78. The summed E-state index contributed by atoms with van der Waals surface area (Å²) in [5.41, 5.74) is 4.08. The SMILES string of the molecule is CC(=O)c1nccc(COc2ccc(C(C)(C)c3ccc(OCC4CCCN(c5cccc6c5C(=O)N(C5CCC(O)NC5O)C6=O)C4)cc3)cc2)n1. The minimum Gasteiger partial charge on any atom is -0.493 e. The number of nitrogens with zero attached hydrogens (tertiary/aromatic N) is 4. The van der Waals surface area contributed by atoms with Crippen LogP contribution < -0.4 is 19.7 Å². The number of anilines is 1. The van der Waals surface area contributed by atoms with Crippen LogP contribution in [0.1, 0.15) is 94.6 Å². The lowest BCUT2D eigenvalue weighted by molar-refractivity contribution is -0.0413. The first-order valence-electron chi connectivity index (χ1n) is 18.2. The van der Waals surface area contributed by atoms with Crippen LogP contribution in [0, 0.1) is 5.92 Å². The van der Waals surface area contributed by atoms with E-state index in [1.165, 1.54) is 6.92 Å². The number of hydrogen-bond donors (Lipinski definition) is 3. The second-order valence-corrected chi connectivity index (χ2v) is 14.6. The Hall–Kier alpha value is -5.17. The number of rotatable bonds is 11. The summed E-state index contributed by atoms with van der Waals surface area (Å²) in [5, 5.41) is 23.1. The Balaban J connectivity index is 0.952. The normalized spacial score (nSPS) is 21.8. The zero-order chi connectivity index (χ0) is 37.3. The summed E-state index contributed by atoms with van der Waals surface area (Å²) in [6.45, 7) is 7.98. The van der Waals surface area contributed by atoms with Gasteiger partial charge in [-0.15, -0.1) is 0 Å². The summed E-state index contributed by atoms with van der Waals surface area (Å²) in [6.07, 6.45) is 2.05.